The average Bonchev–Trinajstić information content (AvgIpc) is 2.85. The van der Waals surface area contributed by atoms with E-state index in [-0.39, 0.29) is 11.8 Å². The molecular weight excluding hydrogens is 347 g/mol. The maximum absolute atomic E-state index is 9.64. The number of rotatable bonds is 4. The van der Waals surface area contributed by atoms with Crippen LogP contribution in [0.5, 0.6) is 11.5 Å². The summed E-state index contributed by atoms with van der Waals surface area (Å²) in [7, 11) is 0. The maximum atomic E-state index is 9.64. The summed E-state index contributed by atoms with van der Waals surface area (Å²) in [4.78, 5) is 3.16. The Balaban J connectivity index is 1.89. The van der Waals surface area contributed by atoms with E-state index in [9.17, 15) is 5.11 Å². The number of imidazole rings is 1. The van der Waals surface area contributed by atoms with Gasteiger partial charge in [0.15, 0.2) is 0 Å². The molecule has 0 saturated heterocycles. The number of H-pyrrole nitrogens is 1. The van der Waals surface area contributed by atoms with E-state index in [2.05, 4.69) is 15.3 Å². The van der Waals surface area contributed by atoms with Crippen LogP contribution in [0.15, 0.2) is 24.4 Å². The summed E-state index contributed by atoms with van der Waals surface area (Å²) in [5, 5.41) is 10.9. The standard InChI is InChI=1S/C15H18AsN2O2S/c1-16-5-4-11-8-17-15(21)18(11)12-6-10-7-13(19)2-3-14(10)20-9-12/h2-3,7-8,12,19H,4-6,9H2,1H3,(H,17,21). The minimum absolute atomic E-state index is 0.196. The van der Waals surface area contributed by atoms with Crippen molar-refractivity contribution in [2.24, 2.45) is 0 Å². The molecule has 3 rings (SSSR count). The molecule has 111 valence electrons. The van der Waals surface area contributed by atoms with Gasteiger partial charge in [0.05, 0.1) is 0 Å². The average molecular weight is 365 g/mol. The predicted molar refractivity (Wildman–Crippen MR) is 86.1 cm³/mol. The van der Waals surface area contributed by atoms with Crippen LogP contribution in [0.3, 0.4) is 0 Å². The van der Waals surface area contributed by atoms with Gasteiger partial charge in [-0.05, 0) is 0 Å². The third kappa shape index (κ3) is 3.04. The van der Waals surface area contributed by atoms with E-state index >= 15 is 0 Å². The van der Waals surface area contributed by atoms with Gasteiger partial charge in [-0.1, -0.05) is 0 Å². The number of ether oxygens (including phenoxy) is 1. The summed E-state index contributed by atoms with van der Waals surface area (Å²) in [5.41, 5.74) is 4.58. The summed E-state index contributed by atoms with van der Waals surface area (Å²) in [5.74, 6) is 1.15. The quantitative estimate of drug-likeness (QED) is 0.647. The third-order valence-corrected chi connectivity index (χ3v) is 5.50. The van der Waals surface area contributed by atoms with Crippen molar-refractivity contribution >= 4 is 28.0 Å². The summed E-state index contributed by atoms with van der Waals surface area (Å²) >= 11 is 5.85. The normalized spacial score (nSPS) is 17.9. The number of phenols is 1. The Bertz CT molecular complexity index is 695. The monoisotopic (exact) mass is 365 g/mol. The summed E-state index contributed by atoms with van der Waals surface area (Å²) in [6.45, 7) is 0.622. The van der Waals surface area contributed by atoms with Crippen LogP contribution in [0.1, 0.15) is 17.3 Å². The molecule has 0 fully saturated rings. The first-order valence-electron chi connectivity index (χ1n) is 6.98. The van der Waals surface area contributed by atoms with Crippen molar-refractivity contribution in [1.29, 1.82) is 0 Å². The van der Waals surface area contributed by atoms with E-state index < -0.39 is 0 Å². The number of aromatic amines is 1. The second-order valence-corrected chi connectivity index (χ2v) is 7.86. The zero-order valence-electron chi connectivity index (χ0n) is 11.9. The van der Waals surface area contributed by atoms with Crippen molar-refractivity contribution in [3.63, 3.8) is 0 Å². The summed E-state index contributed by atoms with van der Waals surface area (Å²) in [6, 6.07) is 5.48. The van der Waals surface area contributed by atoms with Gasteiger partial charge < -0.3 is 0 Å². The van der Waals surface area contributed by atoms with Crippen LogP contribution in [0.2, 0.25) is 10.9 Å². The molecule has 2 N–H and O–H groups in total. The fraction of sp³-hybridized carbons (Fsp3) is 0.400. The molecule has 2 heterocycles. The van der Waals surface area contributed by atoms with E-state index in [1.165, 1.54) is 10.9 Å². The van der Waals surface area contributed by atoms with Gasteiger partial charge in [0.25, 0.3) is 0 Å². The van der Waals surface area contributed by atoms with E-state index in [0.717, 1.165) is 28.9 Å². The van der Waals surface area contributed by atoms with Crippen LogP contribution in [0, 0.1) is 4.77 Å². The summed E-state index contributed by atoms with van der Waals surface area (Å²) < 4.78 is 8.80. The number of aryl methyl sites for hydroxylation is 1. The van der Waals surface area contributed by atoms with Gasteiger partial charge in [-0.2, -0.15) is 0 Å². The van der Waals surface area contributed by atoms with E-state index in [0.29, 0.717) is 22.4 Å². The predicted octanol–water partition coefficient (Wildman–Crippen LogP) is 3.14. The molecule has 2 aromatic rings. The van der Waals surface area contributed by atoms with Crippen LogP contribution in [-0.4, -0.2) is 37.0 Å². The topological polar surface area (TPSA) is 50.2 Å². The summed E-state index contributed by atoms with van der Waals surface area (Å²) in [6.07, 6.45) is 3.92. The third-order valence-electron chi connectivity index (χ3n) is 3.78. The van der Waals surface area contributed by atoms with Crippen molar-refractivity contribution in [3.8, 4) is 11.5 Å². The van der Waals surface area contributed by atoms with Crippen molar-refractivity contribution in [3.05, 3.63) is 40.4 Å². The SMILES string of the molecule is C[As]CCc1c[nH]c(=S)n1C1COc2ccc(O)cc2C1. The van der Waals surface area contributed by atoms with Gasteiger partial charge >= 0.3 is 136 Å². The molecule has 0 amide bonds. The molecule has 0 spiro atoms. The number of benzene rings is 1. The van der Waals surface area contributed by atoms with Crippen molar-refractivity contribution in [1.82, 2.24) is 9.55 Å². The molecule has 0 aliphatic carbocycles. The first-order chi connectivity index (χ1) is 10.2. The number of nitrogens with zero attached hydrogens (tertiary/aromatic N) is 1. The Hall–Kier alpha value is -1.19. The first kappa shape index (κ1) is 14.7. The molecule has 1 aromatic heterocycles. The molecule has 1 aliphatic heterocycles. The van der Waals surface area contributed by atoms with Gasteiger partial charge in [-0.15, -0.1) is 0 Å². The second-order valence-electron chi connectivity index (χ2n) is 5.21. The Labute approximate surface area is 135 Å². The fourth-order valence-corrected chi connectivity index (χ4v) is 4.04. The first-order valence-corrected chi connectivity index (χ1v) is 10.6. The molecule has 1 unspecified atom stereocenters. The molecule has 1 radical (unpaired) electrons. The molecule has 4 nitrogen and oxygen atoms in total. The van der Waals surface area contributed by atoms with Gasteiger partial charge in [0.1, 0.15) is 0 Å². The zero-order valence-corrected chi connectivity index (χ0v) is 14.6. The van der Waals surface area contributed by atoms with Crippen LogP contribution in [0.25, 0.3) is 0 Å². The Kier molecular flexibility index (Phi) is 4.41. The van der Waals surface area contributed by atoms with E-state index in [4.69, 9.17) is 17.0 Å². The molecule has 1 aliphatic rings. The van der Waals surface area contributed by atoms with Crippen molar-refractivity contribution in [2.45, 2.75) is 29.8 Å². The Morgan fingerprint density at radius 2 is 2.38 bits per heavy atom. The molecule has 0 saturated carbocycles. The zero-order chi connectivity index (χ0) is 14.8. The molecule has 6 heteroatoms. The van der Waals surface area contributed by atoms with Crippen LogP contribution >= 0.6 is 12.2 Å². The van der Waals surface area contributed by atoms with Gasteiger partial charge in [-0.3, -0.25) is 0 Å². The number of hydrogen-bond acceptors (Lipinski definition) is 3. The van der Waals surface area contributed by atoms with Gasteiger partial charge in [0.2, 0.25) is 0 Å². The van der Waals surface area contributed by atoms with Crippen LogP contribution in [0.4, 0.5) is 0 Å². The number of phenolic OH excluding ortho intramolecular Hbond substituents is 1. The number of hydrogen-bond donors (Lipinski definition) is 2. The van der Waals surface area contributed by atoms with Crippen LogP contribution < -0.4 is 4.74 Å². The Morgan fingerprint density at radius 1 is 1.52 bits per heavy atom. The number of fused-ring (bicyclic) bond motifs is 1. The Morgan fingerprint density at radius 3 is 3.19 bits per heavy atom. The van der Waals surface area contributed by atoms with Gasteiger partial charge in [-0.25, -0.2) is 0 Å². The van der Waals surface area contributed by atoms with Crippen molar-refractivity contribution < 1.29 is 9.84 Å². The fourth-order valence-electron chi connectivity index (χ4n) is 2.76. The molecular formula is C15H18AsN2O2S. The number of aromatic hydroxyl groups is 1. The molecule has 1 atom stereocenters. The molecule has 1 aromatic carbocycles. The molecule has 0 bridgehead atoms. The van der Waals surface area contributed by atoms with Crippen LogP contribution in [-0.2, 0) is 12.8 Å². The van der Waals surface area contributed by atoms with Crippen molar-refractivity contribution in [2.75, 3.05) is 6.61 Å². The minimum atomic E-state index is 0.196. The molecule has 21 heavy (non-hydrogen) atoms. The number of aromatic nitrogens is 2. The van der Waals surface area contributed by atoms with E-state index in [1.807, 2.05) is 12.3 Å². The van der Waals surface area contributed by atoms with Gasteiger partial charge in [0, 0.05) is 0 Å². The number of nitrogens with one attached hydrogen (secondary N) is 1. The second kappa shape index (κ2) is 6.28. The van der Waals surface area contributed by atoms with E-state index in [1.54, 1.807) is 12.1 Å².